The van der Waals surface area contributed by atoms with Gasteiger partial charge in [0.15, 0.2) is 0 Å². The van der Waals surface area contributed by atoms with Gasteiger partial charge in [0.2, 0.25) is 0 Å². The third kappa shape index (κ3) is 3.98. The van der Waals surface area contributed by atoms with Crippen molar-refractivity contribution in [2.45, 2.75) is 13.2 Å². The van der Waals surface area contributed by atoms with E-state index in [1.807, 2.05) is 89.6 Å². The lowest BCUT2D eigenvalue weighted by Gasteiger charge is -2.11. The maximum atomic E-state index is 12.7. The van der Waals surface area contributed by atoms with Crippen LogP contribution in [0.3, 0.4) is 0 Å². The molecule has 0 aliphatic carbocycles. The first-order valence-electron chi connectivity index (χ1n) is 8.76. The SMILES string of the molecule is O=C(NCc1cn2ccccc2n1)c1ccccc1COc1ccccc1. The molecule has 1 amide bonds. The second-order valence-corrected chi connectivity index (χ2v) is 6.14. The first kappa shape index (κ1) is 16.8. The molecule has 2 heterocycles. The summed E-state index contributed by atoms with van der Waals surface area (Å²) in [6.45, 7) is 0.705. The smallest absolute Gasteiger partial charge is 0.252 e. The number of carbonyl (C=O) groups excluding carboxylic acids is 1. The molecule has 0 unspecified atom stereocenters. The Balaban J connectivity index is 1.43. The maximum absolute atomic E-state index is 12.7. The van der Waals surface area contributed by atoms with Crippen LogP contribution in [0, 0.1) is 0 Å². The quantitative estimate of drug-likeness (QED) is 0.570. The van der Waals surface area contributed by atoms with Crippen LogP contribution in [-0.4, -0.2) is 15.3 Å². The van der Waals surface area contributed by atoms with E-state index in [-0.39, 0.29) is 5.91 Å². The van der Waals surface area contributed by atoms with Gasteiger partial charge in [-0.3, -0.25) is 4.79 Å². The fraction of sp³-hybridized carbons (Fsp3) is 0.0909. The standard InChI is InChI=1S/C22H19N3O2/c26-22(23-14-18-15-25-13-7-6-12-21(25)24-18)20-11-5-4-8-17(20)16-27-19-9-2-1-3-10-19/h1-13,15H,14,16H2,(H,23,26). The normalized spacial score (nSPS) is 10.7. The number of imidazole rings is 1. The van der Waals surface area contributed by atoms with E-state index in [0.717, 1.165) is 22.7 Å². The summed E-state index contributed by atoms with van der Waals surface area (Å²) in [5.41, 5.74) is 3.12. The van der Waals surface area contributed by atoms with Crippen molar-refractivity contribution < 1.29 is 9.53 Å². The molecule has 2 aromatic heterocycles. The van der Waals surface area contributed by atoms with Crippen molar-refractivity contribution in [3.8, 4) is 5.75 Å². The van der Waals surface area contributed by atoms with E-state index in [1.165, 1.54) is 0 Å². The molecule has 0 atom stereocenters. The number of nitrogens with one attached hydrogen (secondary N) is 1. The van der Waals surface area contributed by atoms with Gasteiger partial charge in [0.25, 0.3) is 5.91 Å². The number of hydrogen-bond donors (Lipinski definition) is 1. The van der Waals surface area contributed by atoms with Gasteiger partial charge in [0.1, 0.15) is 18.0 Å². The van der Waals surface area contributed by atoms with Gasteiger partial charge in [0.05, 0.1) is 12.2 Å². The number of hydrogen-bond acceptors (Lipinski definition) is 3. The fourth-order valence-corrected chi connectivity index (χ4v) is 2.88. The molecular weight excluding hydrogens is 338 g/mol. The molecule has 1 N–H and O–H groups in total. The van der Waals surface area contributed by atoms with Crippen molar-refractivity contribution in [1.82, 2.24) is 14.7 Å². The average molecular weight is 357 g/mol. The summed E-state index contributed by atoms with van der Waals surface area (Å²) >= 11 is 0. The summed E-state index contributed by atoms with van der Waals surface area (Å²) in [5, 5.41) is 2.94. The van der Waals surface area contributed by atoms with Gasteiger partial charge in [0, 0.05) is 23.5 Å². The van der Waals surface area contributed by atoms with Gasteiger partial charge in [-0.25, -0.2) is 4.98 Å². The van der Waals surface area contributed by atoms with Gasteiger partial charge in [-0.1, -0.05) is 42.5 Å². The summed E-state index contributed by atoms with van der Waals surface area (Å²) < 4.78 is 7.72. The molecule has 4 aromatic rings. The average Bonchev–Trinajstić information content (AvgIpc) is 3.14. The third-order valence-electron chi connectivity index (χ3n) is 4.24. The summed E-state index contributed by atoms with van der Waals surface area (Å²) in [4.78, 5) is 17.2. The minimum atomic E-state index is -0.140. The van der Waals surface area contributed by atoms with Crippen molar-refractivity contribution in [3.05, 3.63) is 102 Å². The molecule has 2 aromatic carbocycles. The topological polar surface area (TPSA) is 55.6 Å². The number of ether oxygens (including phenoxy) is 1. The highest BCUT2D eigenvalue weighted by atomic mass is 16.5. The highest BCUT2D eigenvalue weighted by Crippen LogP contribution is 2.15. The Labute approximate surface area is 157 Å². The lowest BCUT2D eigenvalue weighted by molar-refractivity contribution is 0.0948. The van der Waals surface area contributed by atoms with Crippen LogP contribution >= 0.6 is 0 Å². The van der Waals surface area contributed by atoms with Gasteiger partial charge in [-0.2, -0.15) is 0 Å². The molecule has 0 bridgehead atoms. The second kappa shape index (κ2) is 7.74. The number of carbonyl (C=O) groups is 1. The zero-order valence-electron chi connectivity index (χ0n) is 14.7. The van der Waals surface area contributed by atoms with Gasteiger partial charge >= 0.3 is 0 Å². The number of para-hydroxylation sites is 1. The van der Waals surface area contributed by atoms with Gasteiger partial charge in [-0.05, 0) is 30.3 Å². The van der Waals surface area contributed by atoms with Crippen LogP contribution in [0.5, 0.6) is 5.75 Å². The van der Waals surface area contributed by atoms with Crippen molar-refractivity contribution in [2.24, 2.45) is 0 Å². The molecule has 134 valence electrons. The minimum absolute atomic E-state index is 0.140. The molecule has 0 saturated heterocycles. The number of aromatic nitrogens is 2. The molecule has 0 fully saturated rings. The Kier molecular flexibility index (Phi) is 4.83. The summed E-state index contributed by atoms with van der Waals surface area (Å²) in [6, 6.07) is 22.9. The van der Waals surface area contributed by atoms with Crippen LogP contribution in [0.4, 0.5) is 0 Å². The monoisotopic (exact) mass is 357 g/mol. The summed E-state index contributed by atoms with van der Waals surface area (Å²) in [7, 11) is 0. The van der Waals surface area contributed by atoms with E-state index in [0.29, 0.717) is 18.7 Å². The van der Waals surface area contributed by atoms with Crippen molar-refractivity contribution in [2.75, 3.05) is 0 Å². The largest absolute Gasteiger partial charge is 0.489 e. The molecular formula is C22H19N3O2. The van der Waals surface area contributed by atoms with E-state index in [4.69, 9.17) is 4.74 Å². The number of rotatable bonds is 6. The molecule has 0 spiro atoms. The fourth-order valence-electron chi connectivity index (χ4n) is 2.88. The maximum Gasteiger partial charge on any atom is 0.252 e. The van der Waals surface area contributed by atoms with Gasteiger partial charge < -0.3 is 14.5 Å². The van der Waals surface area contributed by atoms with E-state index < -0.39 is 0 Å². The Morgan fingerprint density at radius 1 is 0.963 bits per heavy atom. The van der Waals surface area contributed by atoms with Crippen LogP contribution in [0.1, 0.15) is 21.6 Å². The first-order chi connectivity index (χ1) is 13.3. The highest BCUT2D eigenvalue weighted by molar-refractivity contribution is 5.95. The van der Waals surface area contributed by atoms with Crippen LogP contribution < -0.4 is 10.1 Å². The Bertz CT molecular complexity index is 1020. The summed E-state index contributed by atoms with van der Waals surface area (Å²) in [6.07, 6.45) is 3.85. The molecule has 5 nitrogen and oxygen atoms in total. The zero-order chi connectivity index (χ0) is 18.5. The molecule has 0 radical (unpaired) electrons. The highest BCUT2D eigenvalue weighted by Gasteiger charge is 2.12. The minimum Gasteiger partial charge on any atom is -0.489 e. The van der Waals surface area contributed by atoms with E-state index in [9.17, 15) is 4.79 Å². The second-order valence-electron chi connectivity index (χ2n) is 6.14. The molecule has 0 aliphatic rings. The van der Waals surface area contributed by atoms with E-state index in [2.05, 4.69) is 10.3 Å². The van der Waals surface area contributed by atoms with Crippen molar-refractivity contribution >= 4 is 11.6 Å². The number of fused-ring (bicyclic) bond motifs is 1. The van der Waals surface area contributed by atoms with Crippen LogP contribution in [0.2, 0.25) is 0 Å². The number of pyridine rings is 1. The molecule has 0 saturated carbocycles. The van der Waals surface area contributed by atoms with E-state index in [1.54, 1.807) is 0 Å². The van der Waals surface area contributed by atoms with E-state index >= 15 is 0 Å². The number of amides is 1. The number of nitrogens with zero attached hydrogens (tertiary/aromatic N) is 2. The zero-order valence-corrected chi connectivity index (χ0v) is 14.7. The Hall–Kier alpha value is -3.60. The molecule has 27 heavy (non-hydrogen) atoms. The lowest BCUT2D eigenvalue weighted by Crippen LogP contribution is -2.24. The third-order valence-corrected chi connectivity index (χ3v) is 4.24. The Morgan fingerprint density at radius 2 is 1.74 bits per heavy atom. The number of benzene rings is 2. The first-order valence-corrected chi connectivity index (χ1v) is 8.76. The van der Waals surface area contributed by atoms with Crippen LogP contribution in [0.25, 0.3) is 5.65 Å². The summed E-state index contributed by atoms with van der Waals surface area (Å²) in [5.74, 6) is 0.636. The molecule has 5 heteroatoms. The predicted octanol–water partition coefficient (Wildman–Crippen LogP) is 3.84. The van der Waals surface area contributed by atoms with Crippen molar-refractivity contribution in [1.29, 1.82) is 0 Å². The molecule has 4 rings (SSSR count). The lowest BCUT2D eigenvalue weighted by atomic mass is 10.1. The van der Waals surface area contributed by atoms with Crippen molar-refractivity contribution in [3.63, 3.8) is 0 Å². The predicted molar refractivity (Wildman–Crippen MR) is 104 cm³/mol. The van der Waals surface area contributed by atoms with Gasteiger partial charge in [-0.15, -0.1) is 0 Å². The Morgan fingerprint density at radius 3 is 2.59 bits per heavy atom. The van der Waals surface area contributed by atoms with Crippen LogP contribution in [0.15, 0.2) is 85.2 Å². The molecule has 0 aliphatic heterocycles. The van der Waals surface area contributed by atoms with Crippen LogP contribution in [-0.2, 0) is 13.2 Å².